The van der Waals surface area contributed by atoms with Gasteiger partial charge in [-0.1, -0.05) is 66.2 Å². The second-order valence-corrected chi connectivity index (χ2v) is 10.9. The maximum absolute atomic E-state index is 13.5. The minimum absolute atomic E-state index is 0.123. The molecule has 6 nitrogen and oxygen atoms in total. The number of rotatable bonds is 8. The van der Waals surface area contributed by atoms with Crippen LogP contribution in [0.1, 0.15) is 18.1 Å². The van der Waals surface area contributed by atoms with E-state index in [-0.39, 0.29) is 11.3 Å². The highest BCUT2D eigenvalue weighted by Gasteiger charge is 2.26. The van der Waals surface area contributed by atoms with Crippen LogP contribution in [0.5, 0.6) is 0 Å². The Balaban J connectivity index is 1.46. The molecule has 1 amide bonds. The number of aromatic nitrogens is 1. The Labute approximate surface area is 217 Å². The Hall–Kier alpha value is -3.94. The van der Waals surface area contributed by atoms with Gasteiger partial charge in [-0.25, -0.2) is 8.42 Å². The van der Waals surface area contributed by atoms with Crippen molar-refractivity contribution in [2.45, 2.75) is 37.8 Å². The molecule has 188 valence electrons. The first-order chi connectivity index (χ1) is 17.9. The van der Waals surface area contributed by atoms with E-state index in [1.54, 1.807) is 24.3 Å². The van der Waals surface area contributed by atoms with Crippen LogP contribution < -0.4 is 10.0 Å². The summed E-state index contributed by atoms with van der Waals surface area (Å²) in [5.74, 6) is -0.418. The van der Waals surface area contributed by atoms with Gasteiger partial charge in [-0.05, 0) is 62.2 Å². The van der Waals surface area contributed by atoms with Crippen LogP contribution in [0, 0.1) is 6.92 Å². The van der Waals surface area contributed by atoms with E-state index in [9.17, 15) is 13.2 Å². The molecule has 1 atom stereocenters. The molecular formula is C30H29N3O3S. The number of hydrogen-bond acceptors (Lipinski definition) is 3. The van der Waals surface area contributed by atoms with Gasteiger partial charge in [-0.2, -0.15) is 4.72 Å². The number of fused-ring (bicyclic) bond motifs is 3. The number of amides is 1. The SMILES string of the molecule is CCn1c2ccccc2c2cc(NC(=O)[C@H](Cc3ccccc3)NS(=O)(=O)c3ccc(C)cc3)ccc21. The zero-order valence-corrected chi connectivity index (χ0v) is 21.6. The van der Waals surface area contributed by atoms with Gasteiger partial charge >= 0.3 is 0 Å². The van der Waals surface area contributed by atoms with Gasteiger partial charge < -0.3 is 9.88 Å². The summed E-state index contributed by atoms with van der Waals surface area (Å²) in [6, 6.07) is 29.0. The maximum Gasteiger partial charge on any atom is 0.242 e. The number of hydrogen-bond donors (Lipinski definition) is 2. The van der Waals surface area contributed by atoms with Crippen LogP contribution >= 0.6 is 0 Å². The smallest absolute Gasteiger partial charge is 0.242 e. The number of nitrogens with zero attached hydrogens (tertiary/aromatic N) is 1. The molecule has 0 aliphatic heterocycles. The fraction of sp³-hybridized carbons (Fsp3) is 0.167. The van der Waals surface area contributed by atoms with E-state index in [0.29, 0.717) is 5.69 Å². The number of aryl methyl sites for hydroxylation is 2. The molecule has 37 heavy (non-hydrogen) atoms. The Morgan fingerprint density at radius 2 is 1.51 bits per heavy atom. The number of benzene rings is 4. The van der Waals surface area contributed by atoms with Crippen molar-refractivity contribution >= 4 is 43.4 Å². The quantitative estimate of drug-likeness (QED) is 0.282. The number of nitrogens with one attached hydrogen (secondary N) is 2. The lowest BCUT2D eigenvalue weighted by molar-refractivity contribution is -0.117. The second kappa shape index (κ2) is 10.2. The Morgan fingerprint density at radius 3 is 2.24 bits per heavy atom. The summed E-state index contributed by atoms with van der Waals surface area (Å²) in [4.78, 5) is 13.6. The molecule has 4 aromatic carbocycles. The third-order valence-corrected chi connectivity index (χ3v) is 8.07. The summed E-state index contributed by atoms with van der Waals surface area (Å²) >= 11 is 0. The Kier molecular flexibility index (Phi) is 6.82. The van der Waals surface area contributed by atoms with Crippen LogP contribution in [-0.4, -0.2) is 24.9 Å². The fourth-order valence-electron chi connectivity index (χ4n) is 4.71. The van der Waals surface area contributed by atoms with Gasteiger partial charge in [0, 0.05) is 34.0 Å². The average molecular weight is 512 g/mol. The lowest BCUT2D eigenvalue weighted by Gasteiger charge is -2.19. The van der Waals surface area contributed by atoms with Crippen LogP contribution in [-0.2, 0) is 27.8 Å². The Morgan fingerprint density at radius 1 is 0.838 bits per heavy atom. The molecule has 7 heteroatoms. The molecule has 5 aromatic rings. The molecule has 1 heterocycles. The van der Waals surface area contributed by atoms with E-state index in [2.05, 4.69) is 33.7 Å². The van der Waals surface area contributed by atoms with Crippen molar-refractivity contribution in [3.05, 3.63) is 108 Å². The van der Waals surface area contributed by atoms with Crippen LogP contribution in [0.15, 0.2) is 102 Å². The van der Waals surface area contributed by atoms with Crippen molar-refractivity contribution in [2.75, 3.05) is 5.32 Å². The van der Waals surface area contributed by atoms with E-state index < -0.39 is 22.0 Å². The number of para-hydroxylation sites is 1. The van der Waals surface area contributed by atoms with Crippen molar-refractivity contribution in [1.82, 2.24) is 9.29 Å². The molecule has 0 spiro atoms. The highest BCUT2D eigenvalue weighted by atomic mass is 32.2. The molecule has 5 rings (SSSR count). The van der Waals surface area contributed by atoms with Crippen molar-refractivity contribution in [2.24, 2.45) is 0 Å². The fourth-order valence-corrected chi connectivity index (χ4v) is 5.91. The minimum Gasteiger partial charge on any atom is -0.341 e. The third kappa shape index (κ3) is 5.14. The van der Waals surface area contributed by atoms with Crippen molar-refractivity contribution in [3.63, 3.8) is 0 Å². The van der Waals surface area contributed by atoms with Gasteiger partial charge in [-0.3, -0.25) is 4.79 Å². The van der Waals surface area contributed by atoms with Crippen molar-refractivity contribution in [3.8, 4) is 0 Å². The molecule has 0 fully saturated rings. The lowest BCUT2D eigenvalue weighted by atomic mass is 10.1. The zero-order chi connectivity index (χ0) is 26.0. The summed E-state index contributed by atoms with van der Waals surface area (Å²) in [6.07, 6.45) is 0.217. The molecule has 0 saturated heterocycles. The molecule has 0 radical (unpaired) electrons. The molecular weight excluding hydrogens is 482 g/mol. The number of carbonyl (C=O) groups is 1. The van der Waals surface area contributed by atoms with Crippen molar-refractivity contribution in [1.29, 1.82) is 0 Å². The van der Waals surface area contributed by atoms with Gasteiger partial charge in [0.05, 0.1) is 4.90 Å². The molecule has 1 aromatic heterocycles. The van der Waals surface area contributed by atoms with Crippen molar-refractivity contribution < 1.29 is 13.2 Å². The Bertz CT molecular complexity index is 1670. The molecule has 0 unspecified atom stereocenters. The topological polar surface area (TPSA) is 80.2 Å². The zero-order valence-electron chi connectivity index (χ0n) is 20.8. The van der Waals surface area contributed by atoms with Crippen LogP contribution in [0.25, 0.3) is 21.8 Å². The molecule has 2 N–H and O–H groups in total. The van der Waals surface area contributed by atoms with E-state index in [1.807, 2.05) is 67.6 Å². The van der Waals surface area contributed by atoms with E-state index in [4.69, 9.17) is 0 Å². The maximum atomic E-state index is 13.5. The summed E-state index contributed by atoms with van der Waals surface area (Å²) < 4.78 is 31.2. The highest BCUT2D eigenvalue weighted by molar-refractivity contribution is 7.89. The summed E-state index contributed by atoms with van der Waals surface area (Å²) in [7, 11) is -3.91. The molecule has 0 saturated carbocycles. The third-order valence-electron chi connectivity index (χ3n) is 6.58. The van der Waals surface area contributed by atoms with Gasteiger partial charge in [0.15, 0.2) is 0 Å². The first-order valence-corrected chi connectivity index (χ1v) is 13.8. The predicted octanol–water partition coefficient (Wildman–Crippen LogP) is 5.65. The minimum atomic E-state index is -3.91. The van der Waals surface area contributed by atoms with Gasteiger partial charge in [0.2, 0.25) is 15.9 Å². The van der Waals surface area contributed by atoms with Crippen LogP contribution in [0.2, 0.25) is 0 Å². The van der Waals surface area contributed by atoms with E-state index >= 15 is 0 Å². The van der Waals surface area contributed by atoms with Gasteiger partial charge in [-0.15, -0.1) is 0 Å². The average Bonchev–Trinajstić information content (AvgIpc) is 3.22. The summed E-state index contributed by atoms with van der Waals surface area (Å²) in [5.41, 5.74) is 4.65. The van der Waals surface area contributed by atoms with E-state index in [1.165, 1.54) is 0 Å². The van der Waals surface area contributed by atoms with Gasteiger partial charge in [0.25, 0.3) is 0 Å². The van der Waals surface area contributed by atoms with Crippen LogP contribution in [0.3, 0.4) is 0 Å². The highest BCUT2D eigenvalue weighted by Crippen LogP contribution is 2.31. The van der Waals surface area contributed by atoms with Crippen LogP contribution in [0.4, 0.5) is 5.69 Å². The summed E-state index contributed by atoms with van der Waals surface area (Å²) in [6.45, 7) is 4.83. The second-order valence-electron chi connectivity index (χ2n) is 9.16. The van der Waals surface area contributed by atoms with Gasteiger partial charge in [0.1, 0.15) is 6.04 Å². The first kappa shape index (κ1) is 24.7. The lowest BCUT2D eigenvalue weighted by Crippen LogP contribution is -2.45. The predicted molar refractivity (Wildman–Crippen MR) is 149 cm³/mol. The molecule has 0 aliphatic carbocycles. The first-order valence-electron chi connectivity index (χ1n) is 12.3. The standard InChI is InChI=1S/C30H29N3O3S/c1-3-33-28-12-8-7-11-25(28)26-20-23(15-18-29(26)33)31-30(34)27(19-22-9-5-4-6-10-22)32-37(35,36)24-16-13-21(2)14-17-24/h4-18,20,27,32H,3,19H2,1-2H3,(H,31,34)/t27-/m0/s1. The number of anilines is 1. The monoisotopic (exact) mass is 511 g/mol. The largest absolute Gasteiger partial charge is 0.341 e. The normalized spacial score (nSPS) is 12.6. The molecule has 0 aliphatic rings. The molecule has 0 bridgehead atoms. The number of carbonyl (C=O) groups excluding carboxylic acids is 1. The number of sulfonamides is 1. The van der Waals surface area contributed by atoms with E-state index in [0.717, 1.165) is 39.5 Å². The summed E-state index contributed by atoms with van der Waals surface area (Å²) in [5, 5.41) is 5.10.